The molecule has 0 aliphatic carbocycles. The van der Waals surface area contributed by atoms with E-state index in [1.165, 1.54) is 0 Å². The van der Waals surface area contributed by atoms with E-state index in [2.05, 4.69) is 32.7 Å². The van der Waals surface area contributed by atoms with Gasteiger partial charge in [0.25, 0.3) is 0 Å². The summed E-state index contributed by atoms with van der Waals surface area (Å²) in [6.45, 7) is 15.9. The van der Waals surface area contributed by atoms with Crippen LogP contribution in [-0.2, 0) is 4.79 Å². The molecule has 0 aliphatic rings. The molecular formula is C16H32N2O. The maximum Gasteiger partial charge on any atom is 0.155 e. The molecule has 3 nitrogen and oxygen atoms in total. The molecule has 0 saturated carbocycles. The van der Waals surface area contributed by atoms with Crippen LogP contribution in [0.4, 0.5) is 0 Å². The number of Topliss-reactive ketones (excluding diaryl/α,β-unsaturated/α-hetero) is 1. The molecule has 0 saturated heterocycles. The zero-order valence-corrected chi connectivity index (χ0v) is 13.6. The molecule has 0 radical (unpaired) electrons. The van der Waals surface area contributed by atoms with Gasteiger partial charge in [-0.3, -0.25) is 4.79 Å². The van der Waals surface area contributed by atoms with E-state index in [0.717, 1.165) is 31.4 Å². The number of carbonyl (C=O) groups excluding carboxylic acids is 1. The van der Waals surface area contributed by atoms with Crippen molar-refractivity contribution in [3.8, 4) is 0 Å². The van der Waals surface area contributed by atoms with Crippen molar-refractivity contribution in [2.45, 2.75) is 78.8 Å². The van der Waals surface area contributed by atoms with Crippen LogP contribution in [0, 0.1) is 5.41 Å². The smallest absolute Gasteiger partial charge is 0.155 e. The monoisotopic (exact) mass is 268 g/mol. The van der Waals surface area contributed by atoms with E-state index in [9.17, 15) is 4.79 Å². The van der Waals surface area contributed by atoms with Crippen molar-refractivity contribution in [2.24, 2.45) is 11.1 Å². The van der Waals surface area contributed by atoms with Gasteiger partial charge in [-0.1, -0.05) is 33.8 Å². The Morgan fingerprint density at radius 3 is 2.05 bits per heavy atom. The minimum absolute atomic E-state index is 0.0525. The van der Waals surface area contributed by atoms with Crippen molar-refractivity contribution in [1.29, 1.82) is 0 Å². The van der Waals surface area contributed by atoms with Crippen LogP contribution < -0.4 is 11.1 Å². The maximum atomic E-state index is 12.5. The second-order valence-electron chi connectivity index (χ2n) is 7.47. The summed E-state index contributed by atoms with van der Waals surface area (Å²) in [6, 6.07) is -0.0777. The molecule has 0 spiro atoms. The number of rotatable bonds is 7. The van der Waals surface area contributed by atoms with Gasteiger partial charge in [-0.2, -0.15) is 0 Å². The summed E-state index contributed by atoms with van der Waals surface area (Å²) in [6.07, 6.45) is 3.69. The van der Waals surface area contributed by atoms with Crippen molar-refractivity contribution in [3.63, 3.8) is 0 Å². The van der Waals surface area contributed by atoms with E-state index < -0.39 is 0 Å². The lowest BCUT2D eigenvalue weighted by molar-refractivity contribution is -0.129. The van der Waals surface area contributed by atoms with Crippen LogP contribution in [0.3, 0.4) is 0 Å². The molecule has 0 bridgehead atoms. The van der Waals surface area contributed by atoms with E-state index in [4.69, 9.17) is 5.73 Å². The summed E-state index contributed by atoms with van der Waals surface area (Å²) < 4.78 is 0. The van der Waals surface area contributed by atoms with Crippen LogP contribution in [0.1, 0.15) is 67.2 Å². The Morgan fingerprint density at radius 2 is 1.68 bits per heavy atom. The molecule has 0 aromatic heterocycles. The first-order chi connectivity index (χ1) is 8.43. The Bertz CT molecular complexity index is 308. The van der Waals surface area contributed by atoms with E-state index in [1.807, 2.05) is 20.8 Å². The first-order valence-electron chi connectivity index (χ1n) is 7.19. The van der Waals surface area contributed by atoms with Gasteiger partial charge in [-0.15, -0.1) is 0 Å². The van der Waals surface area contributed by atoms with Gasteiger partial charge in [0.1, 0.15) is 0 Å². The molecule has 0 heterocycles. The van der Waals surface area contributed by atoms with E-state index in [1.54, 1.807) is 0 Å². The molecule has 3 heteroatoms. The van der Waals surface area contributed by atoms with Crippen molar-refractivity contribution >= 4 is 5.78 Å². The topological polar surface area (TPSA) is 55.1 Å². The standard InChI is InChI=1S/C16H32N2O/c1-12(17)10-8-9-11-13(18-16(5,6)7)14(19)15(2,3)4/h13,18H,1,8-11,17H2,2-7H3/t13-/m1/s1. The van der Waals surface area contributed by atoms with Gasteiger partial charge < -0.3 is 11.1 Å². The highest BCUT2D eigenvalue weighted by Gasteiger charge is 2.31. The first kappa shape index (κ1) is 18.2. The molecule has 112 valence electrons. The van der Waals surface area contributed by atoms with Crippen molar-refractivity contribution in [1.82, 2.24) is 5.32 Å². The van der Waals surface area contributed by atoms with Crippen LogP contribution in [0.5, 0.6) is 0 Å². The molecule has 1 atom stereocenters. The number of allylic oxidation sites excluding steroid dienone is 1. The van der Waals surface area contributed by atoms with E-state index in [-0.39, 0.29) is 22.8 Å². The lowest BCUT2D eigenvalue weighted by Crippen LogP contribution is -2.50. The number of nitrogens with two attached hydrogens (primary N) is 1. The first-order valence-corrected chi connectivity index (χ1v) is 7.19. The molecule has 0 aromatic carbocycles. The highest BCUT2D eigenvalue weighted by Crippen LogP contribution is 2.21. The third kappa shape index (κ3) is 8.82. The fourth-order valence-corrected chi connectivity index (χ4v) is 2.01. The van der Waals surface area contributed by atoms with Crippen LogP contribution in [0.2, 0.25) is 0 Å². The minimum atomic E-state index is -0.305. The van der Waals surface area contributed by atoms with Crippen LogP contribution in [-0.4, -0.2) is 17.4 Å². The van der Waals surface area contributed by atoms with Gasteiger partial charge in [-0.25, -0.2) is 0 Å². The number of hydrogen-bond acceptors (Lipinski definition) is 3. The van der Waals surface area contributed by atoms with Gasteiger partial charge in [0.15, 0.2) is 5.78 Å². The third-order valence-electron chi connectivity index (χ3n) is 2.90. The normalized spacial score (nSPS) is 14.2. The Morgan fingerprint density at radius 1 is 1.16 bits per heavy atom. The zero-order chi connectivity index (χ0) is 15.3. The highest BCUT2D eigenvalue weighted by molar-refractivity contribution is 5.88. The zero-order valence-electron chi connectivity index (χ0n) is 13.6. The predicted molar refractivity (Wildman–Crippen MR) is 82.9 cm³/mol. The number of nitrogens with one attached hydrogen (secondary N) is 1. The highest BCUT2D eigenvalue weighted by atomic mass is 16.1. The predicted octanol–water partition coefficient (Wildman–Crippen LogP) is 3.39. The Labute approximate surface area is 119 Å². The molecule has 0 aromatic rings. The SMILES string of the molecule is C=C(N)CCCC[C@@H](NC(C)(C)C)C(=O)C(C)(C)C. The summed E-state index contributed by atoms with van der Waals surface area (Å²) in [5, 5.41) is 3.45. The van der Waals surface area contributed by atoms with Gasteiger partial charge in [0.2, 0.25) is 0 Å². The summed E-state index contributed by atoms with van der Waals surface area (Å²) in [5.41, 5.74) is 5.93. The van der Waals surface area contributed by atoms with Crippen molar-refractivity contribution in [3.05, 3.63) is 12.3 Å². The molecule has 19 heavy (non-hydrogen) atoms. The molecule has 0 unspecified atom stereocenters. The largest absolute Gasteiger partial charge is 0.403 e. The molecule has 0 aliphatic heterocycles. The average Bonchev–Trinajstić information content (AvgIpc) is 2.18. The number of carbonyl (C=O) groups is 1. The number of unbranched alkanes of at least 4 members (excludes halogenated alkanes) is 1. The summed E-state index contributed by atoms with van der Waals surface area (Å²) >= 11 is 0. The molecule has 0 amide bonds. The van der Waals surface area contributed by atoms with E-state index >= 15 is 0 Å². The Balaban J connectivity index is 4.52. The Hall–Kier alpha value is -0.830. The van der Waals surface area contributed by atoms with Gasteiger partial charge in [0.05, 0.1) is 6.04 Å². The van der Waals surface area contributed by atoms with Gasteiger partial charge >= 0.3 is 0 Å². The Kier molecular flexibility index (Phi) is 6.78. The third-order valence-corrected chi connectivity index (χ3v) is 2.90. The maximum absolute atomic E-state index is 12.5. The average molecular weight is 268 g/mol. The van der Waals surface area contributed by atoms with Crippen molar-refractivity contribution < 1.29 is 4.79 Å². The minimum Gasteiger partial charge on any atom is -0.403 e. The fraction of sp³-hybridized carbons (Fsp3) is 0.812. The second-order valence-corrected chi connectivity index (χ2v) is 7.47. The molecule has 0 fully saturated rings. The van der Waals surface area contributed by atoms with Gasteiger partial charge in [-0.05, 0) is 40.0 Å². The molecule has 3 N–H and O–H groups in total. The summed E-state index contributed by atoms with van der Waals surface area (Å²) in [7, 11) is 0. The quantitative estimate of drug-likeness (QED) is 0.696. The van der Waals surface area contributed by atoms with Crippen molar-refractivity contribution in [2.75, 3.05) is 0 Å². The summed E-state index contributed by atoms with van der Waals surface area (Å²) in [5.74, 6) is 0.286. The number of hydrogen-bond donors (Lipinski definition) is 2. The lowest BCUT2D eigenvalue weighted by atomic mass is 9.83. The molecule has 0 rings (SSSR count). The number of ketones is 1. The van der Waals surface area contributed by atoms with Gasteiger partial charge in [0, 0.05) is 16.7 Å². The van der Waals surface area contributed by atoms with Crippen LogP contribution in [0.25, 0.3) is 0 Å². The summed E-state index contributed by atoms with van der Waals surface area (Å²) in [4.78, 5) is 12.5. The fourth-order valence-electron chi connectivity index (χ4n) is 2.01. The lowest BCUT2D eigenvalue weighted by Gasteiger charge is -2.31. The second kappa shape index (κ2) is 7.09. The van der Waals surface area contributed by atoms with Crippen LogP contribution >= 0.6 is 0 Å². The van der Waals surface area contributed by atoms with E-state index in [0.29, 0.717) is 0 Å². The molecular weight excluding hydrogens is 236 g/mol. The van der Waals surface area contributed by atoms with Crippen LogP contribution in [0.15, 0.2) is 12.3 Å².